The summed E-state index contributed by atoms with van der Waals surface area (Å²) in [5.41, 5.74) is 5.39. The first kappa shape index (κ1) is 20.5. The third kappa shape index (κ3) is 8.38. The molecule has 0 bridgehead atoms. The lowest BCUT2D eigenvalue weighted by atomic mass is 10.1. The topological polar surface area (TPSA) is 102 Å². The molecule has 0 aliphatic heterocycles. The van der Waals surface area contributed by atoms with Crippen molar-refractivity contribution in [1.29, 1.82) is 0 Å². The summed E-state index contributed by atoms with van der Waals surface area (Å²) in [5, 5.41) is 12.4. The number of hydrogen-bond acceptors (Lipinski definition) is 4. The number of nitrogens with two attached hydrogens (primary N) is 1. The molecule has 0 aliphatic rings. The number of benzene rings is 1. The summed E-state index contributed by atoms with van der Waals surface area (Å²) in [6.07, 6.45) is 2.67. The Balaban J connectivity index is 2.07. The molecule has 1 aromatic carbocycles. The van der Waals surface area contributed by atoms with E-state index in [0.717, 1.165) is 0 Å². The molecule has 0 heterocycles. The van der Waals surface area contributed by atoms with Crippen molar-refractivity contribution in [2.24, 2.45) is 5.73 Å². The fourth-order valence-corrected chi connectivity index (χ4v) is 2.40. The van der Waals surface area contributed by atoms with E-state index in [9.17, 15) is 9.59 Å². The van der Waals surface area contributed by atoms with Gasteiger partial charge in [0, 0.05) is 18.0 Å². The van der Waals surface area contributed by atoms with Gasteiger partial charge in [-0.05, 0) is 43.9 Å². The molecule has 24 heavy (non-hydrogen) atoms. The van der Waals surface area contributed by atoms with Crippen molar-refractivity contribution in [2.75, 3.05) is 13.2 Å². The van der Waals surface area contributed by atoms with E-state index in [0.29, 0.717) is 61.1 Å². The zero-order valence-electron chi connectivity index (χ0n) is 13.3. The Morgan fingerprint density at radius 2 is 2.00 bits per heavy atom. The minimum absolute atomic E-state index is 0.0664. The van der Waals surface area contributed by atoms with Gasteiger partial charge in [0.05, 0.1) is 11.6 Å². The maximum atomic E-state index is 11.6. The van der Waals surface area contributed by atoms with Crippen molar-refractivity contribution in [1.82, 2.24) is 5.32 Å². The van der Waals surface area contributed by atoms with Crippen molar-refractivity contribution in [3.8, 4) is 5.75 Å². The number of hydrogen-bond donors (Lipinski definition) is 3. The highest BCUT2D eigenvalue weighted by Gasteiger charge is 2.10. The van der Waals surface area contributed by atoms with Gasteiger partial charge in [-0.1, -0.05) is 23.2 Å². The van der Waals surface area contributed by atoms with E-state index in [4.69, 9.17) is 38.8 Å². The standard InChI is InChI=1S/C16H22Cl2N2O4/c17-11-6-7-14(12(18)10-11)24-9-3-5-15(21)20-8-2-1-4-13(19)16(22)23/h6-7,10,13H,1-5,8-9,19H2,(H,20,21)(H,22,23)/t13-/m0/s1. The minimum Gasteiger partial charge on any atom is -0.492 e. The van der Waals surface area contributed by atoms with E-state index in [1.807, 2.05) is 0 Å². The van der Waals surface area contributed by atoms with Gasteiger partial charge in [0.1, 0.15) is 11.8 Å². The molecule has 0 aromatic heterocycles. The zero-order chi connectivity index (χ0) is 17.9. The second kappa shape index (κ2) is 11.1. The second-order valence-corrected chi connectivity index (χ2v) is 6.16. The monoisotopic (exact) mass is 376 g/mol. The van der Waals surface area contributed by atoms with E-state index < -0.39 is 12.0 Å². The van der Waals surface area contributed by atoms with Crippen LogP contribution in [0.25, 0.3) is 0 Å². The van der Waals surface area contributed by atoms with Crippen LogP contribution >= 0.6 is 23.2 Å². The zero-order valence-corrected chi connectivity index (χ0v) is 14.8. The van der Waals surface area contributed by atoms with E-state index in [1.54, 1.807) is 18.2 Å². The summed E-state index contributed by atoms with van der Waals surface area (Å²) in [7, 11) is 0. The quantitative estimate of drug-likeness (QED) is 0.515. The molecule has 4 N–H and O–H groups in total. The van der Waals surface area contributed by atoms with Crippen molar-refractivity contribution >= 4 is 35.1 Å². The van der Waals surface area contributed by atoms with E-state index in [1.165, 1.54) is 0 Å². The summed E-state index contributed by atoms with van der Waals surface area (Å²) < 4.78 is 5.49. The van der Waals surface area contributed by atoms with Gasteiger partial charge in [-0.2, -0.15) is 0 Å². The van der Waals surface area contributed by atoms with Crippen LogP contribution in [0.3, 0.4) is 0 Å². The molecule has 8 heteroatoms. The average molecular weight is 377 g/mol. The molecule has 0 saturated carbocycles. The number of rotatable bonds is 11. The molecule has 0 aliphatic carbocycles. The van der Waals surface area contributed by atoms with Gasteiger partial charge in [-0.25, -0.2) is 0 Å². The van der Waals surface area contributed by atoms with Crippen LogP contribution in [0.4, 0.5) is 0 Å². The molecule has 134 valence electrons. The first-order valence-corrected chi connectivity index (χ1v) is 8.48. The number of halogens is 2. The van der Waals surface area contributed by atoms with Crippen molar-refractivity contribution in [3.05, 3.63) is 28.2 Å². The molecular weight excluding hydrogens is 355 g/mol. The molecule has 0 unspecified atom stereocenters. The van der Waals surface area contributed by atoms with Gasteiger partial charge >= 0.3 is 5.97 Å². The van der Waals surface area contributed by atoms with Gasteiger partial charge < -0.3 is 20.9 Å². The van der Waals surface area contributed by atoms with Crippen LogP contribution in [0, 0.1) is 0 Å². The van der Waals surface area contributed by atoms with Crippen molar-refractivity contribution in [3.63, 3.8) is 0 Å². The van der Waals surface area contributed by atoms with Crippen LogP contribution in [-0.2, 0) is 9.59 Å². The summed E-state index contributed by atoms with van der Waals surface area (Å²) >= 11 is 11.8. The Bertz CT molecular complexity index is 555. The van der Waals surface area contributed by atoms with Crippen LogP contribution in [0.5, 0.6) is 5.75 Å². The average Bonchev–Trinajstić information content (AvgIpc) is 2.52. The number of unbranched alkanes of at least 4 members (excludes halogenated alkanes) is 1. The predicted octanol–water partition coefficient (Wildman–Crippen LogP) is 2.85. The third-order valence-electron chi connectivity index (χ3n) is 3.28. The lowest BCUT2D eigenvalue weighted by Crippen LogP contribution is -2.30. The summed E-state index contributed by atoms with van der Waals surface area (Å²) in [5.74, 6) is -0.528. The predicted molar refractivity (Wildman–Crippen MR) is 93.7 cm³/mol. The summed E-state index contributed by atoms with van der Waals surface area (Å²) in [4.78, 5) is 22.2. The maximum Gasteiger partial charge on any atom is 0.320 e. The Kier molecular flexibility index (Phi) is 9.52. The molecule has 1 rings (SSSR count). The number of ether oxygens (including phenoxy) is 1. The number of aliphatic carboxylic acids is 1. The normalized spacial score (nSPS) is 11.8. The second-order valence-electron chi connectivity index (χ2n) is 5.32. The number of carboxylic acid groups (broad SMARTS) is 1. The Morgan fingerprint density at radius 3 is 2.67 bits per heavy atom. The smallest absolute Gasteiger partial charge is 0.320 e. The highest BCUT2D eigenvalue weighted by molar-refractivity contribution is 6.35. The fraction of sp³-hybridized carbons (Fsp3) is 0.500. The molecule has 1 aromatic rings. The number of carbonyl (C=O) groups excluding carboxylic acids is 1. The lowest BCUT2D eigenvalue weighted by Gasteiger charge is -2.09. The van der Waals surface area contributed by atoms with Crippen molar-refractivity contribution < 1.29 is 19.4 Å². The maximum absolute atomic E-state index is 11.6. The molecule has 0 saturated heterocycles. The Morgan fingerprint density at radius 1 is 1.25 bits per heavy atom. The number of carboxylic acids is 1. The van der Waals surface area contributed by atoms with E-state index in [2.05, 4.69) is 5.32 Å². The van der Waals surface area contributed by atoms with Crippen LogP contribution in [0.1, 0.15) is 32.1 Å². The summed E-state index contributed by atoms with van der Waals surface area (Å²) in [6.45, 7) is 0.886. The van der Waals surface area contributed by atoms with E-state index in [-0.39, 0.29) is 5.91 Å². The highest BCUT2D eigenvalue weighted by atomic mass is 35.5. The van der Waals surface area contributed by atoms with Crippen LogP contribution in [0.15, 0.2) is 18.2 Å². The first-order chi connectivity index (χ1) is 11.4. The van der Waals surface area contributed by atoms with Crippen LogP contribution < -0.4 is 15.8 Å². The fourth-order valence-electron chi connectivity index (χ4n) is 1.94. The van der Waals surface area contributed by atoms with E-state index >= 15 is 0 Å². The lowest BCUT2D eigenvalue weighted by molar-refractivity contribution is -0.138. The third-order valence-corrected chi connectivity index (χ3v) is 3.81. The summed E-state index contributed by atoms with van der Waals surface area (Å²) in [6, 6.07) is 4.14. The highest BCUT2D eigenvalue weighted by Crippen LogP contribution is 2.27. The van der Waals surface area contributed by atoms with Gasteiger partial charge in [0.25, 0.3) is 0 Å². The molecule has 0 fully saturated rings. The first-order valence-electron chi connectivity index (χ1n) is 7.73. The number of amides is 1. The molecular formula is C16H22Cl2N2O4. The van der Waals surface area contributed by atoms with Crippen LogP contribution in [0.2, 0.25) is 10.0 Å². The number of nitrogens with one attached hydrogen (secondary N) is 1. The molecule has 0 radical (unpaired) electrons. The Labute approximate surface area is 151 Å². The minimum atomic E-state index is -1.00. The molecule has 6 nitrogen and oxygen atoms in total. The molecule has 1 atom stereocenters. The number of carbonyl (C=O) groups is 2. The SMILES string of the molecule is N[C@@H](CCCCNC(=O)CCCOc1ccc(Cl)cc1Cl)C(=O)O. The van der Waals surface area contributed by atoms with Gasteiger partial charge in [0.15, 0.2) is 0 Å². The molecule has 0 spiro atoms. The van der Waals surface area contributed by atoms with Crippen molar-refractivity contribution in [2.45, 2.75) is 38.1 Å². The van der Waals surface area contributed by atoms with Gasteiger partial charge in [0.2, 0.25) is 5.91 Å². The van der Waals surface area contributed by atoms with Gasteiger partial charge in [-0.3, -0.25) is 9.59 Å². The largest absolute Gasteiger partial charge is 0.492 e. The van der Waals surface area contributed by atoms with Crippen LogP contribution in [-0.4, -0.2) is 36.2 Å². The molecule has 1 amide bonds. The Hall–Kier alpha value is -1.50. The van der Waals surface area contributed by atoms with Gasteiger partial charge in [-0.15, -0.1) is 0 Å².